The van der Waals surface area contributed by atoms with E-state index in [0.29, 0.717) is 20.8 Å². The summed E-state index contributed by atoms with van der Waals surface area (Å²) in [7, 11) is -4.85. The number of aliphatic hydroxyl groups excluding tert-OH is 1. The quantitative estimate of drug-likeness (QED) is 0.313. The predicted molar refractivity (Wildman–Crippen MR) is 147 cm³/mol. The van der Waals surface area contributed by atoms with Crippen molar-refractivity contribution in [3.63, 3.8) is 0 Å². The van der Waals surface area contributed by atoms with Gasteiger partial charge >= 0.3 is 6.09 Å². The van der Waals surface area contributed by atoms with Crippen molar-refractivity contribution in [2.75, 3.05) is 26.3 Å². The summed E-state index contributed by atoms with van der Waals surface area (Å²) in [6.07, 6.45) is -5.67. The number of amides is 1. The summed E-state index contributed by atoms with van der Waals surface area (Å²) in [5, 5.41) is 20.8. The molecule has 216 valence electrons. The fraction of sp³-hybridized carbons (Fsp3) is 0.500. The van der Waals surface area contributed by atoms with Gasteiger partial charge in [0.2, 0.25) is 10.0 Å². The van der Waals surface area contributed by atoms with Crippen LogP contribution >= 0.6 is 0 Å². The summed E-state index contributed by atoms with van der Waals surface area (Å²) in [4.78, 5) is 12.9. The molecule has 0 saturated carbocycles. The number of benzene rings is 2. The molecule has 3 N–H and O–H groups in total. The Morgan fingerprint density at radius 2 is 2.15 bits per heavy atom. The van der Waals surface area contributed by atoms with Crippen LogP contribution in [-0.2, 0) is 30.7 Å². The summed E-state index contributed by atoms with van der Waals surface area (Å²) >= 11 is 0. The second kappa shape index (κ2) is 12.2. The van der Waals surface area contributed by atoms with Gasteiger partial charge in [0.05, 0.1) is 52.0 Å². The van der Waals surface area contributed by atoms with Crippen LogP contribution in [0.2, 0.25) is 0 Å². The molecule has 0 radical (unpaired) electrons. The van der Waals surface area contributed by atoms with Crippen molar-refractivity contribution in [1.82, 2.24) is 19.8 Å². The van der Waals surface area contributed by atoms with Gasteiger partial charge in [-0.15, -0.1) is 0 Å². The van der Waals surface area contributed by atoms with E-state index in [-0.39, 0.29) is 19.4 Å². The van der Waals surface area contributed by atoms with E-state index in [1.807, 2.05) is 0 Å². The molecule has 40 heavy (non-hydrogen) atoms. The zero-order valence-electron chi connectivity index (χ0n) is 31.2. The lowest BCUT2D eigenvalue weighted by Crippen LogP contribution is -2.51. The number of carbonyl (C=O) groups excluding carboxylic acids is 1. The Labute approximate surface area is 247 Å². The number of nitrogens with zero attached hydrogens (tertiary/aromatic N) is 2. The largest absolute Gasteiger partial charge is 0.443 e. The number of nitrogens with one attached hydrogen (secondary N) is 2. The number of fused-ring (bicyclic) bond motifs is 2. The van der Waals surface area contributed by atoms with E-state index in [2.05, 4.69) is 15.5 Å². The van der Waals surface area contributed by atoms with Gasteiger partial charge in [0, 0.05) is 28.1 Å². The summed E-state index contributed by atoms with van der Waals surface area (Å²) in [6.45, 7) is -12.1. The average Bonchev–Trinajstić information content (AvgIpc) is 3.72. The summed E-state index contributed by atoms with van der Waals surface area (Å²) < 4.78 is 125. The van der Waals surface area contributed by atoms with Crippen LogP contribution in [0.4, 0.5) is 4.79 Å². The number of hydrogen-bond acceptors (Lipinski definition) is 8. The average molecular weight is 583 g/mol. The highest BCUT2D eigenvalue weighted by Crippen LogP contribution is 2.33. The van der Waals surface area contributed by atoms with Gasteiger partial charge in [0.25, 0.3) is 0 Å². The van der Waals surface area contributed by atoms with E-state index >= 15 is 0 Å². The number of aliphatic hydroxyl groups is 1. The number of alkyl carbamates (subject to hydrolysis) is 1. The topological polar surface area (TPSA) is 143 Å². The van der Waals surface area contributed by atoms with Crippen molar-refractivity contribution in [3.05, 3.63) is 60.3 Å². The van der Waals surface area contributed by atoms with E-state index in [1.54, 1.807) is 30.3 Å². The van der Waals surface area contributed by atoms with Gasteiger partial charge in [0.15, 0.2) is 6.29 Å². The maximum absolute atomic E-state index is 14.1. The highest BCUT2D eigenvalue weighted by Gasteiger charge is 2.44. The molecule has 2 saturated heterocycles. The van der Waals surface area contributed by atoms with Crippen molar-refractivity contribution in [2.45, 2.75) is 56.0 Å². The molecule has 2 aromatic carbocycles. The van der Waals surface area contributed by atoms with Crippen LogP contribution in [0.1, 0.15) is 39.4 Å². The minimum absolute atomic E-state index is 0.133. The van der Waals surface area contributed by atoms with Crippen LogP contribution in [0.25, 0.3) is 10.9 Å². The predicted octanol–water partition coefficient (Wildman–Crippen LogP) is 2.67. The number of aromatic amines is 1. The van der Waals surface area contributed by atoms with Gasteiger partial charge < -0.3 is 24.6 Å². The maximum Gasteiger partial charge on any atom is 0.407 e. The standard InChI is InChI=1S/C28H36N4O7S/c1-18(2)15-32(40(35,36)21-8-9-23-20(13-21)14-29-31-23)16-25(33)24(12-19-6-4-3-5-7-19)30-28(34)39-26-17-38-27-22(26)10-11-37-27/h3-9,13-14,18,22,24-27,33H,10-12,15-17H2,1-2H3,(H,29,31)(H,30,34)/t22-,24-,25+,26-,27+/m0/s1/i1D3,2D3,17D2,18D,26D. The molecule has 0 spiro atoms. The Bertz CT molecular complexity index is 1780. The number of ether oxygens (including phenoxy) is 3. The Morgan fingerprint density at radius 1 is 1.32 bits per heavy atom. The smallest absolute Gasteiger partial charge is 0.407 e. The van der Waals surface area contributed by atoms with E-state index in [4.69, 9.17) is 27.9 Å². The molecule has 3 heterocycles. The number of sulfonamides is 1. The van der Waals surface area contributed by atoms with Crippen LogP contribution < -0.4 is 5.32 Å². The minimum atomic E-state index is -4.85. The lowest BCUT2D eigenvalue weighted by molar-refractivity contribution is -0.0907. The Morgan fingerprint density at radius 3 is 2.95 bits per heavy atom. The molecule has 2 aliphatic heterocycles. The second-order valence-corrected chi connectivity index (χ2v) is 11.4. The molecule has 0 aliphatic carbocycles. The van der Waals surface area contributed by atoms with Crippen molar-refractivity contribution >= 4 is 27.0 Å². The van der Waals surface area contributed by atoms with Gasteiger partial charge in [0.1, 0.15) is 6.08 Å². The fourth-order valence-electron chi connectivity index (χ4n) is 4.64. The Balaban J connectivity index is 1.49. The van der Waals surface area contributed by atoms with Gasteiger partial charge in [-0.1, -0.05) is 44.0 Å². The summed E-state index contributed by atoms with van der Waals surface area (Å²) in [5.74, 6) is -4.35. The number of aromatic nitrogens is 2. The number of H-pyrrole nitrogens is 1. The third-order valence-corrected chi connectivity index (χ3v) is 8.50. The maximum atomic E-state index is 14.1. The zero-order chi connectivity index (χ0) is 36.9. The third kappa shape index (κ3) is 6.47. The zero-order valence-corrected chi connectivity index (χ0v) is 22.1. The van der Waals surface area contributed by atoms with Gasteiger partial charge in [-0.25, -0.2) is 13.2 Å². The van der Waals surface area contributed by atoms with Crippen LogP contribution in [0.3, 0.4) is 0 Å². The summed E-state index contributed by atoms with van der Waals surface area (Å²) in [6, 6.07) is 10.6. The monoisotopic (exact) mass is 582 g/mol. The highest BCUT2D eigenvalue weighted by atomic mass is 32.2. The van der Waals surface area contributed by atoms with E-state index < -0.39 is 90.7 Å². The van der Waals surface area contributed by atoms with Crippen LogP contribution in [-0.4, -0.2) is 84.9 Å². The molecule has 12 heteroatoms. The van der Waals surface area contributed by atoms with Gasteiger partial charge in [-0.2, -0.15) is 9.40 Å². The molecular weight excluding hydrogens is 536 g/mol. The Kier molecular flexibility index (Phi) is 5.63. The fourth-order valence-corrected chi connectivity index (χ4v) is 6.11. The van der Waals surface area contributed by atoms with Crippen LogP contribution in [0.15, 0.2) is 59.6 Å². The molecule has 0 bridgehead atoms. The SMILES string of the molecule is [2H]C([2H])([2H])C([2H])(CN(C[C@@H](O)[C@H](Cc1ccccc1)NC(=O)O[C@]1([2H])[C@@H]2CCO[C@@H]2OC1([2H])[2H])S(=O)(=O)c1ccc2[nH]ncc2c1)C([2H])([2H])[2H]. The molecule has 5 atom stereocenters. The lowest BCUT2D eigenvalue weighted by Gasteiger charge is -2.31. The molecule has 1 amide bonds. The third-order valence-electron chi connectivity index (χ3n) is 6.70. The molecule has 2 aliphatic rings. The molecule has 11 nitrogen and oxygen atoms in total. The van der Waals surface area contributed by atoms with Crippen molar-refractivity contribution in [2.24, 2.45) is 11.8 Å². The van der Waals surface area contributed by atoms with Crippen molar-refractivity contribution < 1.29 is 46.2 Å². The van der Waals surface area contributed by atoms with Crippen molar-refractivity contribution in [3.8, 4) is 0 Å². The normalized spacial score (nSPS) is 30.1. The first-order chi connectivity index (χ1) is 23.1. The number of rotatable bonds is 11. The minimum Gasteiger partial charge on any atom is -0.443 e. The van der Waals surface area contributed by atoms with E-state index in [9.17, 15) is 18.3 Å². The lowest BCUT2D eigenvalue weighted by atomic mass is 10.0. The van der Waals surface area contributed by atoms with Gasteiger partial charge in [-0.05, 0) is 42.5 Å². The molecular formula is C28H36N4O7S. The first kappa shape index (κ1) is 18.4. The van der Waals surface area contributed by atoms with Crippen molar-refractivity contribution in [1.29, 1.82) is 0 Å². The van der Waals surface area contributed by atoms with Crippen LogP contribution in [0, 0.1) is 11.8 Å². The number of carbonyl (C=O) groups is 1. The Hall–Kier alpha value is -3.03. The number of hydrogen-bond donors (Lipinski definition) is 3. The molecule has 3 aromatic rings. The molecule has 0 unspecified atom stereocenters. The highest BCUT2D eigenvalue weighted by molar-refractivity contribution is 7.89. The first-order valence-electron chi connectivity index (χ1n) is 17.5. The van der Waals surface area contributed by atoms with Gasteiger partial charge in [-0.3, -0.25) is 5.10 Å². The molecule has 5 rings (SSSR count). The first-order valence-corrected chi connectivity index (χ1v) is 14.0. The molecule has 2 fully saturated rings. The van der Waals surface area contributed by atoms with Crippen LogP contribution in [0.5, 0.6) is 0 Å². The van der Waals surface area contributed by atoms with E-state index in [1.165, 1.54) is 18.3 Å². The molecule has 1 aromatic heterocycles. The second-order valence-electron chi connectivity index (χ2n) is 9.51. The summed E-state index contributed by atoms with van der Waals surface area (Å²) in [5.41, 5.74) is 0.988. The van der Waals surface area contributed by atoms with E-state index in [0.717, 1.165) is 6.07 Å².